The molecule has 1 saturated heterocycles. The SMILES string of the molecule is CCN1CCN(CCOc2ccc(Br)cc2Cl)CC1. The van der Waals surface area contributed by atoms with E-state index < -0.39 is 0 Å². The van der Waals surface area contributed by atoms with E-state index in [2.05, 4.69) is 32.7 Å². The van der Waals surface area contributed by atoms with Crippen molar-refractivity contribution >= 4 is 27.5 Å². The van der Waals surface area contributed by atoms with Crippen molar-refractivity contribution in [3.8, 4) is 5.75 Å². The van der Waals surface area contributed by atoms with E-state index in [1.165, 1.54) is 0 Å². The van der Waals surface area contributed by atoms with Crippen LogP contribution in [0.1, 0.15) is 6.92 Å². The van der Waals surface area contributed by atoms with Gasteiger partial charge in [0.25, 0.3) is 0 Å². The van der Waals surface area contributed by atoms with Gasteiger partial charge in [0.15, 0.2) is 0 Å². The van der Waals surface area contributed by atoms with E-state index in [0.29, 0.717) is 11.6 Å². The predicted molar refractivity (Wildman–Crippen MR) is 83.2 cm³/mol. The van der Waals surface area contributed by atoms with Gasteiger partial charge >= 0.3 is 0 Å². The minimum Gasteiger partial charge on any atom is -0.491 e. The molecule has 5 heteroatoms. The van der Waals surface area contributed by atoms with Gasteiger partial charge in [-0.1, -0.05) is 34.5 Å². The molecule has 1 aliphatic rings. The van der Waals surface area contributed by atoms with Crippen molar-refractivity contribution in [3.05, 3.63) is 27.7 Å². The Morgan fingerprint density at radius 2 is 1.89 bits per heavy atom. The Kier molecular flexibility index (Phi) is 5.95. The average Bonchev–Trinajstić information content (AvgIpc) is 2.42. The van der Waals surface area contributed by atoms with Crippen molar-refractivity contribution in [3.63, 3.8) is 0 Å². The maximum atomic E-state index is 6.11. The molecule has 1 aliphatic heterocycles. The van der Waals surface area contributed by atoms with E-state index in [1.54, 1.807) is 0 Å². The summed E-state index contributed by atoms with van der Waals surface area (Å²) < 4.78 is 6.71. The maximum Gasteiger partial charge on any atom is 0.138 e. The molecule has 19 heavy (non-hydrogen) atoms. The van der Waals surface area contributed by atoms with Gasteiger partial charge < -0.3 is 9.64 Å². The summed E-state index contributed by atoms with van der Waals surface area (Å²) in [5.74, 6) is 0.761. The Balaban J connectivity index is 1.72. The monoisotopic (exact) mass is 346 g/mol. The van der Waals surface area contributed by atoms with E-state index in [-0.39, 0.29) is 0 Å². The van der Waals surface area contributed by atoms with Crippen LogP contribution in [0, 0.1) is 0 Å². The minimum absolute atomic E-state index is 0.658. The third-order valence-corrected chi connectivity index (χ3v) is 4.26. The molecule has 0 aromatic heterocycles. The maximum absolute atomic E-state index is 6.11. The quantitative estimate of drug-likeness (QED) is 0.814. The molecular weight excluding hydrogens is 328 g/mol. The Hall–Kier alpha value is -0.290. The molecule has 0 aliphatic carbocycles. The molecule has 0 N–H and O–H groups in total. The Morgan fingerprint density at radius 1 is 1.21 bits per heavy atom. The van der Waals surface area contributed by atoms with Crippen LogP contribution in [0.5, 0.6) is 5.75 Å². The van der Waals surface area contributed by atoms with E-state index in [1.807, 2.05) is 18.2 Å². The summed E-state index contributed by atoms with van der Waals surface area (Å²) in [4.78, 5) is 4.92. The molecule has 2 rings (SSSR count). The lowest BCUT2D eigenvalue weighted by molar-refractivity contribution is 0.121. The van der Waals surface area contributed by atoms with Crippen molar-refractivity contribution in [2.75, 3.05) is 45.9 Å². The third kappa shape index (κ3) is 4.63. The lowest BCUT2D eigenvalue weighted by Gasteiger charge is -2.33. The number of nitrogens with zero attached hydrogens (tertiary/aromatic N) is 2. The molecular formula is C14H20BrClN2O. The first-order valence-corrected chi connectivity index (χ1v) is 7.88. The zero-order chi connectivity index (χ0) is 13.7. The highest BCUT2D eigenvalue weighted by Gasteiger charge is 2.15. The topological polar surface area (TPSA) is 15.7 Å². The van der Waals surface area contributed by atoms with Crippen LogP contribution in [-0.2, 0) is 0 Å². The molecule has 0 bridgehead atoms. The number of rotatable bonds is 5. The second-order valence-corrected chi connectivity index (χ2v) is 6.02. The molecule has 0 saturated carbocycles. The fourth-order valence-corrected chi connectivity index (χ4v) is 2.93. The van der Waals surface area contributed by atoms with Crippen molar-refractivity contribution in [1.29, 1.82) is 0 Å². The van der Waals surface area contributed by atoms with E-state index in [9.17, 15) is 0 Å². The van der Waals surface area contributed by atoms with Gasteiger partial charge in [0.2, 0.25) is 0 Å². The molecule has 0 radical (unpaired) electrons. The summed E-state index contributed by atoms with van der Waals surface area (Å²) in [5.41, 5.74) is 0. The predicted octanol–water partition coefficient (Wildman–Crippen LogP) is 3.12. The summed E-state index contributed by atoms with van der Waals surface area (Å²) in [7, 11) is 0. The Labute approximate surface area is 128 Å². The number of hydrogen-bond acceptors (Lipinski definition) is 3. The van der Waals surface area contributed by atoms with Crippen LogP contribution in [0.2, 0.25) is 5.02 Å². The van der Waals surface area contributed by atoms with Crippen LogP contribution in [0.25, 0.3) is 0 Å². The fourth-order valence-electron chi connectivity index (χ4n) is 2.21. The molecule has 106 valence electrons. The van der Waals surface area contributed by atoms with E-state index in [4.69, 9.17) is 16.3 Å². The lowest BCUT2D eigenvalue weighted by atomic mass is 10.3. The molecule has 0 spiro atoms. The first-order chi connectivity index (χ1) is 9.19. The van der Waals surface area contributed by atoms with Gasteiger partial charge in [-0.25, -0.2) is 0 Å². The normalized spacial score (nSPS) is 17.6. The summed E-state index contributed by atoms with van der Waals surface area (Å²) in [6.45, 7) is 9.60. The smallest absolute Gasteiger partial charge is 0.138 e. The standard InChI is InChI=1S/C14H20BrClN2O/c1-2-17-5-7-18(8-6-17)9-10-19-14-4-3-12(15)11-13(14)16/h3-4,11H,2,5-10H2,1H3. The van der Waals surface area contributed by atoms with Gasteiger partial charge in [-0.3, -0.25) is 4.90 Å². The molecule has 1 heterocycles. The van der Waals surface area contributed by atoms with Gasteiger partial charge in [0.05, 0.1) is 5.02 Å². The Bertz CT molecular complexity index is 408. The summed E-state index contributed by atoms with van der Waals surface area (Å²) in [5, 5.41) is 0.658. The molecule has 0 unspecified atom stereocenters. The van der Waals surface area contributed by atoms with Crippen LogP contribution in [0.15, 0.2) is 22.7 Å². The second kappa shape index (κ2) is 7.48. The van der Waals surface area contributed by atoms with Crippen LogP contribution in [0.4, 0.5) is 0 Å². The summed E-state index contributed by atoms with van der Waals surface area (Å²) in [6, 6.07) is 5.71. The highest BCUT2D eigenvalue weighted by Crippen LogP contribution is 2.27. The minimum atomic E-state index is 0.658. The van der Waals surface area contributed by atoms with Crippen LogP contribution < -0.4 is 4.74 Å². The van der Waals surface area contributed by atoms with Crippen LogP contribution >= 0.6 is 27.5 Å². The number of benzene rings is 1. The first kappa shape index (κ1) is 15.1. The highest BCUT2D eigenvalue weighted by molar-refractivity contribution is 9.10. The summed E-state index contributed by atoms with van der Waals surface area (Å²) in [6.07, 6.45) is 0. The number of piperazine rings is 1. The van der Waals surface area contributed by atoms with Crippen LogP contribution in [-0.4, -0.2) is 55.7 Å². The van der Waals surface area contributed by atoms with Crippen molar-refractivity contribution in [1.82, 2.24) is 9.80 Å². The molecule has 1 aromatic carbocycles. The van der Waals surface area contributed by atoms with Crippen molar-refractivity contribution in [2.45, 2.75) is 6.92 Å². The molecule has 0 atom stereocenters. The zero-order valence-corrected chi connectivity index (χ0v) is 13.6. The van der Waals surface area contributed by atoms with Crippen molar-refractivity contribution in [2.24, 2.45) is 0 Å². The van der Waals surface area contributed by atoms with E-state index in [0.717, 1.165) is 49.5 Å². The lowest BCUT2D eigenvalue weighted by Crippen LogP contribution is -2.47. The largest absolute Gasteiger partial charge is 0.491 e. The highest BCUT2D eigenvalue weighted by atomic mass is 79.9. The summed E-state index contributed by atoms with van der Waals surface area (Å²) >= 11 is 9.50. The number of halogens is 2. The van der Waals surface area contributed by atoms with Gasteiger partial charge in [-0.05, 0) is 24.7 Å². The second-order valence-electron chi connectivity index (χ2n) is 4.70. The Morgan fingerprint density at radius 3 is 2.53 bits per heavy atom. The van der Waals surface area contributed by atoms with Crippen LogP contribution in [0.3, 0.4) is 0 Å². The average molecular weight is 348 g/mol. The van der Waals surface area contributed by atoms with Gasteiger partial charge in [0.1, 0.15) is 12.4 Å². The first-order valence-electron chi connectivity index (χ1n) is 6.71. The van der Waals surface area contributed by atoms with Crippen molar-refractivity contribution < 1.29 is 4.74 Å². The third-order valence-electron chi connectivity index (χ3n) is 3.47. The number of likely N-dealkylation sites (N-methyl/N-ethyl adjacent to an activating group) is 1. The molecule has 3 nitrogen and oxygen atoms in total. The molecule has 1 fully saturated rings. The van der Waals surface area contributed by atoms with Gasteiger partial charge in [0, 0.05) is 37.2 Å². The van der Waals surface area contributed by atoms with Gasteiger partial charge in [-0.15, -0.1) is 0 Å². The number of hydrogen-bond donors (Lipinski definition) is 0. The fraction of sp³-hybridized carbons (Fsp3) is 0.571. The zero-order valence-electron chi connectivity index (χ0n) is 11.2. The number of ether oxygens (including phenoxy) is 1. The molecule has 1 aromatic rings. The van der Waals surface area contributed by atoms with Gasteiger partial charge in [-0.2, -0.15) is 0 Å². The molecule has 0 amide bonds. The van der Waals surface area contributed by atoms with E-state index >= 15 is 0 Å².